The maximum absolute atomic E-state index is 13.6. The second-order valence-corrected chi connectivity index (χ2v) is 7.77. The second-order valence-electron chi connectivity index (χ2n) is 6.41. The number of phenols is 2. The molecule has 3 aromatic rings. The van der Waals surface area contributed by atoms with E-state index in [1.54, 1.807) is 17.5 Å². The zero-order valence-corrected chi connectivity index (χ0v) is 15.7. The molecule has 1 aliphatic rings. The first-order valence-electron chi connectivity index (χ1n) is 8.15. The average Bonchev–Trinajstić information content (AvgIpc) is 3.18. The molecular weight excluding hydrogens is 411 g/mol. The van der Waals surface area contributed by atoms with E-state index >= 15 is 0 Å². The Kier molecular flexibility index (Phi) is 4.32. The van der Waals surface area contributed by atoms with E-state index in [4.69, 9.17) is 17.3 Å². The molecule has 28 heavy (non-hydrogen) atoms. The topological polar surface area (TPSA) is 66.5 Å². The summed E-state index contributed by atoms with van der Waals surface area (Å²) in [6.45, 7) is 0. The summed E-state index contributed by atoms with van der Waals surface area (Å²) in [5, 5.41) is 22.0. The Hall–Kier alpha value is -2.64. The van der Waals surface area contributed by atoms with Crippen LogP contribution in [0.1, 0.15) is 27.8 Å². The number of nitrogens with two attached hydrogens (primary N) is 1. The van der Waals surface area contributed by atoms with Crippen LogP contribution >= 0.6 is 22.9 Å². The number of thiophene rings is 1. The van der Waals surface area contributed by atoms with Gasteiger partial charge in [0.15, 0.2) is 0 Å². The van der Waals surface area contributed by atoms with E-state index in [-0.39, 0.29) is 28.3 Å². The summed E-state index contributed by atoms with van der Waals surface area (Å²) in [5.74, 6) is -0.589. The Morgan fingerprint density at radius 2 is 1.79 bits per heavy atom. The van der Waals surface area contributed by atoms with Gasteiger partial charge in [0.2, 0.25) is 0 Å². The number of halogens is 4. The fourth-order valence-corrected chi connectivity index (χ4v) is 4.36. The number of aromatic hydroxyl groups is 2. The second kappa shape index (κ2) is 6.46. The van der Waals surface area contributed by atoms with Crippen LogP contribution in [-0.2, 0) is 12.6 Å². The molecule has 0 atom stereocenters. The summed E-state index contributed by atoms with van der Waals surface area (Å²) in [4.78, 5) is 0. The number of fused-ring (bicyclic) bond motifs is 1. The fourth-order valence-electron chi connectivity index (χ4n) is 3.53. The van der Waals surface area contributed by atoms with Crippen molar-refractivity contribution in [3.8, 4) is 11.5 Å². The number of alkyl halides is 3. The number of nitrogen functional groups attached to an aromatic ring is 1. The van der Waals surface area contributed by atoms with Gasteiger partial charge in [0.1, 0.15) is 11.5 Å². The van der Waals surface area contributed by atoms with Gasteiger partial charge in [0.25, 0.3) is 0 Å². The fraction of sp³-hybridized carbons (Fsp3) is 0.100. The summed E-state index contributed by atoms with van der Waals surface area (Å²) < 4.78 is 40.8. The van der Waals surface area contributed by atoms with E-state index in [0.29, 0.717) is 27.3 Å². The van der Waals surface area contributed by atoms with Crippen LogP contribution in [0.15, 0.2) is 41.8 Å². The summed E-state index contributed by atoms with van der Waals surface area (Å²) in [7, 11) is 0. The van der Waals surface area contributed by atoms with Gasteiger partial charge in [-0.1, -0.05) is 17.7 Å². The van der Waals surface area contributed by atoms with Crippen LogP contribution in [0.5, 0.6) is 11.5 Å². The van der Waals surface area contributed by atoms with Crippen LogP contribution in [0.3, 0.4) is 0 Å². The van der Waals surface area contributed by atoms with Crippen molar-refractivity contribution >= 4 is 39.1 Å². The van der Waals surface area contributed by atoms with Gasteiger partial charge >= 0.3 is 6.18 Å². The van der Waals surface area contributed by atoms with Gasteiger partial charge in [-0.15, -0.1) is 11.3 Å². The van der Waals surface area contributed by atoms with Crippen LogP contribution in [0, 0.1) is 0 Å². The van der Waals surface area contributed by atoms with E-state index in [0.717, 1.165) is 6.07 Å². The van der Waals surface area contributed by atoms with Crippen molar-refractivity contribution in [2.45, 2.75) is 12.6 Å². The molecule has 1 aromatic heterocycles. The highest BCUT2D eigenvalue weighted by atomic mass is 35.5. The lowest BCUT2D eigenvalue weighted by atomic mass is 9.95. The van der Waals surface area contributed by atoms with E-state index in [9.17, 15) is 23.4 Å². The number of hydrogen-bond acceptors (Lipinski definition) is 4. The normalized spacial score (nSPS) is 13.9. The Morgan fingerprint density at radius 1 is 1.04 bits per heavy atom. The molecule has 1 heterocycles. The lowest BCUT2D eigenvalue weighted by Gasteiger charge is -2.14. The van der Waals surface area contributed by atoms with Crippen molar-refractivity contribution < 1.29 is 23.4 Å². The molecule has 3 nitrogen and oxygen atoms in total. The monoisotopic (exact) mass is 423 g/mol. The summed E-state index contributed by atoms with van der Waals surface area (Å²) >= 11 is 7.30. The third-order valence-electron chi connectivity index (χ3n) is 4.73. The molecular formula is C20H13ClF3NO2S. The molecule has 0 unspecified atom stereocenters. The zero-order valence-electron chi connectivity index (χ0n) is 14.1. The molecule has 0 aliphatic heterocycles. The number of phenolic OH excluding ortho intramolecular Hbond substituents is 2. The van der Waals surface area contributed by atoms with Gasteiger partial charge in [0.05, 0.1) is 15.6 Å². The van der Waals surface area contributed by atoms with Crippen LogP contribution < -0.4 is 5.73 Å². The van der Waals surface area contributed by atoms with Crippen molar-refractivity contribution in [3.05, 3.63) is 74.6 Å². The summed E-state index contributed by atoms with van der Waals surface area (Å²) in [5.41, 5.74) is 7.84. The van der Waals surface area contributed by atoms with E-state index in [1.807, 2.05) is 0 Å². The van der Waals surface area contributed by atoms with Crippen molar-refractivity contribution in [1.29, 1.82) is 0 Å². The standard InChI is InChI=1S/C20H13ClF3NO2S/c21-16-5-9(1-2-17(16)27)12-8-13-14(18(12)11-3-4-28-19(11)25)6-10(26)7-15(13)20(22,23)24/h1-7,26-27H,8,25H2. The zero-order chi connectivity index (χ0) is 20.2. The molecule has 1 aliphatic carbocycles. The van der Waals surface area contributed by atoms with Gasteiger partial charge in [-0.25, -0.2) is 0 Å². The third kappa shape index (κ3) is 3.00. The lowest BCUT2D eigenvalue weighted by Crippen LogP contribution is -2.09. The van der Waals surface area contributed by atoms with Gasteiger partial charge in [-0.05, 0) is 70.0 Å². The molecule has 0 amide bonds. The smallest absolute Gasteiger partial charge is 0.416 e. The van der Waals surface area contributed by atoms with Gasteiger partial charge in [-0.2, -0.15) is 13.2 Å². The van der Waals surface area contributed by atoms with Crippen molar-refractivity contribution in [2.24, 2.45) is 0 Å². The number of rotatable bonds is 2. The van der Waals surface area contributed by atoms with Crippen LogP contribution in [0.4, 0.5) is 18.2 Å². The molecule has 0 bridgehead atoms. The lowest BCUT2D eigenvalue weighted by molar-refractivity contribution is -0.138. The maximum Gasteiger partial charge on any atom is 0.416 e. The first-order valence-corrected chi connectivity index (χ1v) is 9.41. The minimum atomic E-state index is -4.61. The van der Waals surface area contributed by atoms with Gasteiger partial charge < -0.3 is 15.9 Å². The molecule has 0 saturated carbocycles. The molecule has 8 heteroatoms. The van der Waals surface area contributed by atoms with E-state index < -0.39 is 17.5 Å². The van der Waals surface area contributed by atoms with E-state index in [2.05, 4.69) is 0 Å². The molecule has 0 spiro atoms. The molecule has 0 radical (unpaired) electrons. The Balaban J connectivity index is 2.03. The predicted molar refractivity (Wildman–Crippen MR) is 105 cm³/mol. The first kappa shape index (κ1) is 18.7. The SMILES string of the molecule is Nc1sccc1C1=C(c2ccc(O)c(Cl)c2)Cc2c1cc(O)cc2C(F)(F)F. The highest BCUT2D eigenvalue weighted by Crippen LogP contribution is 2.50. The molecule has 0 saturated heterocycles. The molecule has 2 aromatic carbocycles. The maximum atomic E-state index is 13.6. The Labute approximate surface area is 167 Å². The Bertz CT molecular complexity index is 1130. The largest absolute Gasteiger partial charge is 0.508 e. The number of hydrogen-bond donors (Lipinski definition) is 3. The molecule has 144 valence electrons. The molecule has 0 fully saturated rings. The van der Waals surface area contributed by atoms with Crippen molar-refractivity contribution in [3.63, 3.8) is 0 Å². The highest BCUT2D eigenvalue weighted by Gasteiger charge is 2.38. The number of anilines is 1. The van der Waals surface area contributed by atoms with Crippen molar-refractivity contribution in [2.75, 3.05) is 5.73 Å². The predicted octanol–water partition coefficient (Wildman–Crippen LogP) is 5.93. The quantitative estimate of drug-likeness (QED) is 0.478. The minimum absolute atomic E-state index is 0.00379. The first-order chi connectivity index (χ1) is 13.2. The third-order valence-corrected chi connectivity index (χ3v) is 5.77. The van der Waals surface area contributed by atoms with Crippen LogP contribution in [0.25, 0.3) is 11.1 Å². The number of allylic oxidation sites excluding steroid dienone is 1. The Morgan fingerprint density at radius 3 is 2.39 bits per heavy atom. The van der Waals surface area contributed by atoms with Gasteiger partial charge in [-0.3, -0.25) is 0 Å². The minimum Gasteiger partial charge on any atom is -0.508 e. The summed E-state index contributed by atoms with van der Waals surface area (Å²) in [6.07, 6.45) is -4.62. The number of benzene rings is 2. The summed E-state index contributed by atoms with van der Waals surface area (Å²) in [6, 6.07) is 8.30. The highest BCUT2D eigenvalue weighted by molar-refractivity contribution is 7.14. The van der Waals surface area contributed by atoms with Gasteiger partial charge in [0, 0.05) is 5.56 Å². The molecule has 4 N–H and O–H groups in total. The van der Waals surface area contributed by atoms with Crippen molar-refractivity contribution in [1.82, 2.24) is 0 Å². The van der Waals surface area contributed by atoms with E-state index in [1.165, 1.54) is 29.5 Å². The average molecular weight is 424 g/mol. The van der Waals surface area contributed by atoms with Crippen LogP contribution in [-0.4, -0.2) is 10.2 Å². The molecule has 4 rings (SSSR count). The van der Waals surface area contributed by atoms with Crippen LogP contribution in [0.2, 0.25) is 5.02 Å².